The average Bonchev–Trinajstić information content (AvgIpc) is 2.94. The molecule has 42 heavy (non-hydrogen) atoms. The standard InChI is InChI=1S/C31H36F3N3O4S/c1-5-17-35-30(39)28(6-2)36(20-24-10-7-9-23(4)18-24)29(38)21-37(26-12-8-11-25(19-26)31(32,33)34)42(40,41)27-15-13-22(3)14-16-27/h7-16,18-19,28H,5-6,17,20-21H2,1-4H3,(H,35,39)/t28-/m1/s1. The molecule has 0 aliphatic rings. The van der Waals surface area contributed by atoms with E-state index in [1.807, 2.05) is 32.0 Å². The minimum atomic E-state index is -4.73. The lowest BCUT2D eigenvalue weighted by molar-refractivity contribution is -0.140. The topological polar surface area (TPSA) is 86.8 Å². The average molecular weight is 604 g/mol. The van der Waals surface area contributed by atoms with Gasteiger partial charge in [0, 0.05) is 13.1 Å². The van der Waals surface area contributed by atoms with Gasteiger partial charge in [-0.1, -0.05) is 67.4 Å². The van der Waals surface area contributed by atoms with Crippen molar-refractivity contribution in [3.63, 3.8) is 0 Å². The van der Waals surface area contributed by atoms with Crippen molar-refractivity contribution in [1.82, 2.24) is 10.2 Å². The molecule has 3 rings (SSSR count). The first kappa shape index (κ1) is 32.7. The van der Waals surface area contributed by atoms with E-state index >= 15 is 0 Å². The summed E-state index contributed by atoms with van der Waals surface area (Å²) in [6, 6.07) is 16.0. The third-order valence-electron chi connectivity index (χ3n) is 6.72. The predicted octanol–water partition coefficient (Wildman–Crippen LogP) is 5.85. The molecule has 2 amide bonds. The van der Waals surface area contributed by atoms with Gasteiger partial charge in [-0.3, -0.25) is 13.9 Å². The highest BCUT2D eigenvalue weighted by atomic mass is 32.2. The summed E-state index contributed by atoms with van der Waals surface area (Å²) in [5, 5.41) is 2.80. The molecular weight excluding hydrogens is 567 g/mol. The van der Waals surface area contributed by atoms with Crippen molar-refractivity contribution in [3.05, 3.63) is 95.1 Å². The molecule has 11 heteroatoms. The number of sulfonamides is 1. The number of hydrogen-bond donors (Lipinski definition) is 1. The lowest BCUT2D eigenvalue weighted by Crippen LogP contribution is -2.52. The van der Waals surface area contributed by atoms with Crippen LogP contribution in [0.4, 0.5) is 18.9 Å². The second-order valence-corrected chi connectivity index (χ2v) is 12.0. The maximum absolute atomic E-state index is 14.0. The van der Waals surface area contributed by atoms with Crippen LogP contribution >= 0.6 is 0 Å². The zero-order valence-corrected chi connectivity index (χ0v) is 24.9. The van der Waals surface area contributed by atoms with Crippen LogP contribution in [0.15, 0.2) is 77.7 Å². The minimum Gasteiger partial charge on any atom is -0.354 e. The molecule has 226 valence electrons. The molecule has 0 unspecified atom stereocenters. The lowest BCUT2D eigenvalue weighted by atomic mass is 10.1. The van der Waals surface area contributed by atoms with Crippen LogP contribution in [0.2, 0.25) is 0 Å². The normalized spacial score (nSPS) is 12.5. The molecule has 0 aromatic heterocycles. The Kier molecular flexibility index (Phi) is 10.8. The molecule has 1 N–H and O–H groups in total. The number of hydrogen-bond acceptors (Lipinski definition) is 4. The first-order chi connectivity index (χ1) is 19.8. The van der Waals surface area contributed by atoms with Crippen LogP contribution in [0.3, 0.4) is 0 Å². The Labute approximate surface area is 245 Å². The molecule has 0 aliphatic carbocycles. The van der Waals surface area contributed by atoms with Crippen LogP contribution < -0.4 is 9.62 Å². The highest BCUT2D eigenvalue weighted by molar-refractivity contribution is 7.92. The van der Waals surface area contributed by atoms with E-state index in [-0.39, 0.29) is 23.5 Å². The van der Waals surface area contributed by atoms with Gasteiger partial charge >= 0.3 is 6.18 Å². The number of benzene rings is 3. The molecule has 0 spiro atoms. The zero-order valence-electron chi connectivity index (χ0n) is 24.1. The van der Waals surface area contributed by atoms with Crippen LogP contribution in [-0.2, 0) is 32.3 Å². The second kappa shape index (κ2) is 13.9. The Hall–Kier alpha value is -3.86. The molecule has 0 saturated heterocycles. The van der Waals surface area contributed by atoms with Crippen LogP contribution in [0, 0.1) is 13.8 Å². The Morgan fingerprint density at radius 2 is 1.57 bits per heavy atom. The number of anilines is 1. The van der Waals surface area contributed by atoms with E-state index in [4.69, 9.17) is 0 Å². The zero-order chi connectivity index (χ0) is 31.1. The number of carbonyl (C=O) groups excluding carboxylic acids is 2. The molecule has 0 bridgehead atoms. The molecule has 0 radical (unpaired) electrons. The monoisotopic (exact) mass is 603 g/mol. The number of nitrogens with zero attached hydrogens (tertiary/aromatic N) is 2. The quantitative estimate of drug-likeness (QED) is 0.281. The van der Waals surface area contributed by atoms with E-state index < -0.39 is 46.2 Å². The van der Waals surface area contributed by atoms with Crippen molar-refractivity contribution < 1.29 is 31.2 Å². The molecule has 0 aliphatic heterocycles. The largest absolute Gasteiger partial charge is 0.416 e. The number of alkyl halides is 3. The Balaban J connectivity index is 2.11. The van der Waals surface area contributed by atoms with Gasteiger partial charge in [-0.05, 0) is 62.6 Å². The number of aryl methyl sites for hydroxylation is 2. The highest BCUT2D eigenvalue weighted by Crippen LogP contribution is 2.33. The van der Waals surface area contributed by atoms with E-state index in [1.165, 1.54) is 23.1 Å². The second-order valence-electron chi connectivity index (χ2n) is 10.1. The summed E-state index contributed by atoms with van der Waals surface area (Å²) in [7, 11) is -4.49. The Bertz CT molecular complexity index is 1490. The van der Waals surface area contributed by atoms with Gasteiger partial charge in [0.1, 0.15) is 12.6 Å². The van der Waals surface area contributed by atoms with Crippen LogP contribution in [-0.4, -0.2) is 44.3 Å². The fourth-order valence-corrected chi connectivity index (χ4v) is 5.90. The van der Waals surface area contributed by atoms with Gasteiger partial charge in [-0.2, -0.15) is 13.2 Å². The Morgan fingerprint density at radius 3 is 2.17 bits per heavy atom. The summed E-state index contributed by atoms with van der Waals surface area (Å²) in [4.78, 5) is 28.3. The van der Waals surface area contributed by atoms with Crippen molar-refractivity contribution in [3.8, 4) is 0 Å². The first-order valence-electron chi connectivity index (χ1n) is 13.7. The number of nitrogens with one attached hydrogen (secondary N) is 1. The summed E-state index contributed by atoms with van der Waals surface area (Å²) in [6.07, 6.45) is -3.82. The van der Waals surface area contributed by atoms with Gasteiger partial charge in [0.2, 0.25) is 11.8 Å². The summed E-state index contributed by atoms with van der Waals surface area (Å²) >= 11 is 0. The smallest absolute Gasteiger partial charge is 0.354 e. The van der Waals surface area contributed by atoms with Crippen LogP contribution in [0.5, 0.6) is 0 Å². The fraction of sp³-hybridized carbons (Fsp3) is 0.355. The maximum Gasteiger partial charge on any atom is 0.416 e. The highest BCUT2D eigenvalue weighted by Gasteiger charge is 2.36. The molecule has 0 saturated carbocycles. The van der Waals surface area contributed by atoms with E-state index in [0.29, 0.717) is 23.3 Å². The third kappa shape index (κ3) is 8.12. The van der Waals surface area contributed by atoms with Crippen molar-refractivity contribution in [2.45, 2.75) is 64.2 Å². The van der Waals surface area contributed by atoms with Gasteiger partial charge < -0.3 is 10.2 Å². The number of amides is 2. The van der Waals surface area contributed by atoms with Gasteiger partial charge in [-0.25, -0.2) is 8.42 Å². The summed E-state index contributed by atoms with van der Waals surface area (Å²) in [6.45, 7) is 6.84. The number of rotatable bonds is 12. The van der Waals surface area contributed by atoms with Crippen LogP contribution in [0.1, 0.15) is 48.9 Å². The van der Waals surface area contributed by atoms with E-state index in [1.54, 1.807) is 32.0 Å². The van der Waals surface area contributed by atoms with E-state index in [2.05, 4.69) is 5.32 Å². The number of carbonyl (C=O) groups is 2. The van der Waals surface area contributed by atoms with Crippen molar-refractivity contribution in [1.29, 1.82) is 0 Å². The predicted molar refractivity (Wildman–Crippen MR) is 156 cm³/mol. The third-order valence-corrected chi connectivity index (χ3v) is 8.51. The van der Waals surface area contributed by atoms with Crippen molar-refractivity contribution in [2.75, 3.05) is 17.4 Å². The van der Waals surface area contributed by atoms with Crippen molar-refractivity contribution in [2.24, 2.45) is 0 Å². The molecule has 3 aromatic carbocycles. The number of halogens is 3. The SMILES string of the molecule is CCCNC(=O)[C@@H](CC)N(Cc1cccc(C)c1)C(=O)CN(c1cccc(C(F)(F)F)c1)S(=O)(=O)c1ccc(C)cc1. The minimum absolute atomic E-state index is 0.000422. The van der Waals surface area contributed by atoms with Gasteiger partial charge in [0.25, 0.3) is 10.0 Å². The summed E-state index contributed by atoms with van der Waals surface area (Å²) in [5.41, 5.74) is 1.05. The van der Waals surface area contributed by atoms with Gasteiger partial charge in [0.15, 0.2) is 0 Å². The summed E-state index contributed by atoms with van der Waals surface area (Å²) < 4.78 is 69.3. The van der Waals surface area contributed by atoms with E-state index in [0.717, 1.165) is 28.8 Å². The molecule has 1 atom stereocenters. The molecule has 0 fully saturated rings. The summed E-state index contributed by atoms with van der Waals surface area (Å²) in [5.74, 6) is -1.13. The maximum atomic E-state index is 14.0. The molecule has 7 nitrogen and oxygen atoms in total. The van der Waals surface area contributed by atoms with E-state index in [9.17, 15) is 31.2 Å². The van der Waals surface area contributed by atoms with Gasteiger partial charge in [0.05, 0.1) is 16.1 Å². The first-order valence-corrected chi connectivity index (χ1v) is 15.1. The van der Waals surface area contributed by atoms with Crippen LogP contribution in [0.25, 0.3) is 0 Å². The fourth-order valence-electron chi connectivity index (χ4n) is 4.50. The molecular formula is C31H36F3N3O4S. The lowest BCUT2D eigenvalue weighted by Gasteiger charge is -2.33. The van der Waals surface area contributed by atoms with Crippen molar-refractivity contribution >= 4 is 27.5 Å². The van der Waals surface area contributed by atoms with Gasteiger partial charge in [-0.15, -0.1) is 0 Å². The molecule has 0 heterocycles. The molecule has 3 aromatic rings. The Morgan fingerprint density at radius 1 is 0.905 bits per heavy atom.